The molecule has 1 amide bonds. The summed E-state index contributed by atoms with van der Waals surface area (Å²) in [6, 6.07) is 15.6. The molecule has 27 heavy (non-hydrogen) atoms. The van der Waals surface area contributed by atoms with E-state index < -0.39 is 0 Å². The van der Waals surface area contributed by atoms with E-state index in [1.54, 1.807) is 0 Å². The molecule has 4 heteroatoms. The first-order valence-electron chi connectivity index (χ1n) is 9.95. The monoisotopic (exact) mass is 364 g/mol. The maximum atomic E-state index is 12.5. The number of carbonyl (C=O) groups is 1. The minimum atomic E-state index is -0.357. The second-order valence-corrected chi connectivity index (χ2v) is 8.07. The van der Waals surface area contributed by atoms with Gasteiger partial charge in [-0.15, -0.1) is 0 Å². The first kappa shape index (κ1) is 18.1. The molecule has 4 nitrogen and oxygen atoms in total. The number of piperidine rings is 1. The Kier molecular flexibility index (Phi) is 5.17. The van der Waals surface area contributed by atoms with E-state index in [1.165, 1.54) is 18.4 Å². The Hall–Kier alpha value is -2.33. The van der Waals surface area contributed by atoms with E-state index >= 15 is 0 Å². The van der Waals surface area contributed by atoms with Crippen molar-refractivity contribution in [2.24, 2.45) is 5.92 Å². The molecule has 2 aromatic carbocycles. The van der Waals surface area contributed by atoms with Gasteiger partial charge in [-0.2, -0.15) is 0 Å². The van der Waals surface area contributed by atoms with Crippen molar-refractivity contribution in [3.8, 4) is 11.1 Å². The third-order valence-electron chi connectivity index (χ3n) is 5.85. The Morgan fingerprint density at radius 2 is 1.85 bits per heavy atom. The molecule has 0 aliphatic carbocycles. The molecule has 2 aromatic rings. The molecule has 142 valence electrons. The molecule has 0 spiro atoms. The number of aryl methyl sites for hydroxylation is 2. The zero-order valence-corrected chi connectivity index (χ0v) is 16.1. The Morgan fingerprint density at radius 1 is 1.11 bits per heavy atom. The summed E-state index contributed by atoms with van der Waals surface area (Å²) in [6.45, 7) is 4.60. The van der Waals surface area contributed by atoms with Crippen LogP contribution in [0.25, 0.3) is 11.1 Å². The zero-order valence-electron chi connectivity index (χ0n) is 16.1. The van der Waals surface area contributed by atoms with E-state index in [4.69, 9.17) is 4.74 Å². The first-order chi connectivity index (χ1) is 13.1. The molecule has 2 aliphatic heterocycles. The maximum absolute atomic E-state index is 12.5. The van der Waals surface area contributed by atoms with Gasteiger partial charge in [0, 0.05) is 17.6 Å². The highest BCUT2D eigenvalue weighted by Gasteiger charge is 2.33. The van der Waals surface area contributed by atoms with Crippen LogP contribution in [0.2, 0.25) is 0 Å². The lowest BCUT2D eigenvalue weighted by molar-refractivity contribution is 0.122. The normalized spacial score (nSPS) is 23.9. The Bertz CT molecular complexity index is 821. The molecule has 0 radical (unpaired) electrons. The quantitative estimate of drug-likeness (QED) is 0.798. The minimum absolute atomic E-state index is 0.357. The van der Waals surface area contributed by atoms with Crippen LogP contribution in [0.3, 0.4) is 0 Å². The number of ether oxygens (including phenoxy) is 1. The number of carbonyl (C=O) groups excluding carboxylic acids is 1. The Balaban J connectivity index is 1.43. The molecule has 0 saturated carbocycles. The number of hydrogen-bond donors (Lipinski definition) is 2. The van der Waals surface area contributed by atoms with Crippen molar-refractivity contribution in [3.63, 3.8) is 0 Å². The third-order valence-corrected chi connectivity index (χ3v) is 5.85. The molecule has 2 bridgehead atoms. The van der Waals surface area contributed by atoms with E-state index in [9.17, 15) is 4.79 Å². The number of rotatable bonds is 4. The van der Waals surface area contributed by atoms with E-state index in [0.717, 1.165) is 35.2 Å². The number of para-hydroxylation sites is 1. The fraction of sp³-hybridized carbons (Fsp3) is 0.435. The molecular weight excluding hydrogens is 336 g/mol. The van der Waals surface area contributed by atoms with Crippen LogP contribution in [0, 0.1) is 19.8 Å². The van der Waals surface area contributed by atoms with Crippen LogP contribution in [0.4, 0.5) is 10.5 Å². The summed E-state index contributed by atoms with van der Waals surface area (Å²) in [6.07, 6.45) is 4.39. The minimum Gasteiger partial charge on any atom is -0.449 e. The smallest absolute Gasteiger partial charge is 0.411 e. The summed E-state index contributed by atoms with van der Waals surface area (Å²) in [5.74, 6) is 0.475. The molecule has 2 unspecified atom stereocenters. The van der Waals surface area contributed by atoms with Gasteiger partial charge in [0.15, 0.2) is 0 Å². The first-order valence-corrected chi connectivity index (χ1v) is 9.95. The van der Waals surface area contributed by atoms with Crippen molar-refractivity contribution in [2.45, 2.75) is 51.6 Å². The van der Waals surface area contributed by atoms with Gasteiger partial charge in [-0.3, -0.25) is 5.32 Å². The SMILES string of the molecule is Cc1cccc(-c2cccc(C)c2NC(=O)OCC2CC3CCC(C2)N3)c1. The van der Waals surface area contributed by atoms with Gasteiger partial charge in [0.25, 0.3) is 0 Å². The Labute approximate surface area is 161 Å². The third kappa shape index (κ3) is 4.16. The molecule has 2 N–H and O–H groups in total. The molecule has 0 aromatic heterocycles. The van der Waals surface area contributed by atoms with Gasteiger partial charge in [0.2, 0.25) is 0 Å². The number of amides is 1. The van der Waals surface area contributed by atoms with Crippen LogP contribution in [-0.4, -0.2) is 24.8 Å². The van der Waals surface area contributed by atoms with Crippen molar-refractivity contribution < 1.29 is 9.53 Å². The molecule has 2 heterocycles. The van der Waals surface area contributed by atoms with Crippen molar-refractivity contribution >= 4 is 11.8 Å². The Morgan fingerprint density at radius 3 is 2.59 bits per heavy atom. The van der Waals surface area contributed by atoms with Gasteiger partial charge in [0.1, 0.15) is 0 Å². The standard InChI is InChI=1S/C23H28N2O2/c1-15-5-3-7-18(11-15)21-8-4-6-16(2)22(21)25-23(26)27-14-17-12-19-9-10-20(13-17)24-19/h3-8,11,17,19-20,24H,9-10,12-14H2,1-2H3,(H,25,26). The molecular formula is C23H28N2O2. The van der Waals surface area contributed by atoms with Crippen LogP contribution in [-0.2, 0) is 4.74 Å². The summed E-state index contributed by atoms with van der Waals surface area (Å²) in [5, 5.41) is 6.63. The summed E-state index contributed by atoms with van der Waals surface area (Å²) in [7, 11) is 0. The summed E-state index contributed by atoms with van der Waals surface area (Å²) in [5.41, 5.74) is 5.19. The van der Waals surface area contributed by atoms with Gasteiger partial charge >= 0.3 is 6.09 Å². The zero-order chi connectivity index (χ0) is 18.8. The van der Waals surface area contributed by atoms with E-state index in [0.29, 0.717) is 24.6 Å². The molecule has 4 rings (SSSR count). The fourth-order valence-electron chi connectivity index (χ4n) is 4.53. The lowest BCUT2D eigenvalue weighted by Crippen LogP contribution is -2.39. The highest BCUT2D eigenvalue weighted by atomic mass is 16.5. The van der Waals surface area contributed by atoms with Gasteiger partial charge < -0.3 is 10.1 Å². The largest absolute Gasteiger partial charge is 0.449 e. The highest BCUT2D eigenvalue weighted by Crippen LogP contribution is 2.33. The number of anilines is 1. The van der Waals surface area contributed by atoms with Crippen molar-refractivity contribution in [2.75, 3.05) is 11.9 Å². The van der Waals surface area contributed by atoms with Crippen LogP contribution in [0.1, 0.15) is 36.8 Å². The second-order valence-electron chi connectivity index (χ2n) is 8.07. The van der Waals surface area contributed by atoms with Crippen molar-refractivity contribution in [3.05, 3.63) is 53.6 Å². The topological polar surface area (TPSA) is 50.4 Å². The second kappa shape index (κ2) is 7.73. The average molecular weight is 364 g/mol. The van der Waals surface area contributed by atoms with Crippen LogP contribution in [0.5, 0.6) is 0 Å². The van der Waals surface area contributed by atoms with E-state index in [-0.39, 0.29) is 6.09 Å². The average Bonchev–Trinajstić information content (AvgIpc) is 3.00. The van der Waals surface area contributed by atoms with Crippen LogP contribution < -0.4 is 10.6 Å². The van der Waals surface area contributed by atoms with Crippen molar-refractivity contribution in [1.29, 1.82) is 0 Å². The lowest BCUT2D eigenvalue weighted by Gasteiger charge is -2.28. The van der Waals surface area contributed by atoms with E-state index in [2.05, 4.69) is 35.8 Å². The predicted octanol–water partition coefficient (Wildman–Crippen LogP) is 5.05. The lowest BCUT2D eigenvalue weighted by atomic mass is 9.93. The highest BCUT2D eigenvalue weighted by molar-refractivity contribution is 5.93. The van der Waals surface area contributed by atoms with Gasteiger partial charge in [0.05, 0.1) is 12.3 Å². The molecule has 2 saturated heterocycles. The molecule has 2 fully saturated rings. The predicted molar refractivity (Wildman–Crippen MR) is 109 cm³/mol. The number of fused-ring (bicyclic) bond motifs is 2. The fourth-order valence-corrected chi connectivity index (χ4v) is 4.53. The maximum Gasteiger partial charge on any atom is 0.411 e. The van der Waals surface area contributed by atoms with Crippen LogP contribution in [0.15, 0.2) is 42.5 Å². The van der Waals surface area contributed by atoms with Crippen molar-refractivity contribution in [1.82, 2.24) is 5.32 Å². The summed E-state index contributed by atoms with van der Waals surface area (Å²) >= 11 is 0. The molecule has 2 atom stereocenters. The van der Waals surface area contributed by atoms with Gasteiger partial charge in [-0.25, -0.2) is 4.79 Å². The number of benzene rings is 2. The van der Waals surface area contributed by atoms with Crippen LogP contribution >= 0.6 is 0 Å². The number of nitrogens with one attached hydrogen (secondary N) is 2. The number of hydrogen-bond acceptors (Lipinski definition) is 3. The van der Waals surface area contributed by atoms with Gasteiger partial charge in [-0.05, 0) is 56.6 Å². The summed E-state index contributed by atoms with van der Waals surface area (Å²) in [4.78, 5) is 12.5. The van der Waals surface area contributed by atoms with Gasteiger partial charge in [-0.1, -0.05) is 48.0 Å². The van der Waals surface area contributed by atoms with E-state index in [1.807, 2.05) is 31.2 Å². The molecule has 2 aliphatic rings. The summed E-state index contributed by atoms with van der Waals surface area (Å²) < 4.78 is 5.60.